The molecule has 3 rings (SSSR count). The summed E-state index contributed by atoms with van der Waals surface area (Å²) in [5.41, 5.74) is 3.65. The number of benzene rings is 2. The maximum Gasteiger partial charge on any atom is 0.259 e. The number of carbonyl (C=O) groups is 2. The molecule has 1 aromatic heterocycles. The quantitative estimate of drug-likeness (QED) is 0.294. The van der Waals surface area contributed by atoms with E-state index in [0.29, 0.717) is 22.8 Å². The van der Waals surface area contributed by atoms with E-state index in [-0.39, 0.29) is 6.54 Å². The van der Waals surface area contributed by atoms with Gasteiger partial charge >= 0.3 is 0 Å². The first-order valence-corrected chi connectivity index (χ1v) is 9.73. The molecule has 0 radical (unpaired) electrons. The highest BCUT2D eigenvalue weighted by Gasteiger charge is 2.12. The summed E-state index contributed by atoms with van der Waals surface area (Å²) < 4.78 is 12.0. The van der Waals surface area contributed by atoms with Crippen molar-refractivity contribution in [1.82, 2.24) is 10.7 Å². The molecule has 0 spiro atoms. The highest BCUT2D eigenvalue weighted by Crippen LogP contribution is 2.22. The van der Waals surface area contributed by atoms with Crippen molar-refractivity contribution in [3.63, 3.8) is 0 Å². The average Bonchev–Trinajstić information content (AvgIpc) is 3.21. The van der Waals surface area contributed by atoms with Gasteiger partial charge in [0.1, 0.15) is 17.3 Å². The van der Waals surface area contributed by atoms with Crippen molar-refractivity contribution in [2.45, 2.75) is 0 Å². The number of amides is 2. The third-order valence-electron chi connectivity index (χ3n) is 3.90. The van der Waals surface area contributed by atoms with Crippen LogP contribution in [-0.4, -0.2) is 31.7 Å². The van der Waals surface area contributed by atoms with Gasteiger partial charge in [0.05, 0.1) is 25.4 Å². The molecule has 2 aromatic carbocycles. The van der Waals surface area contributed by atoms with E-state index in [0.717, 1.165) is 9.13 Å². The number of ether oxygens (including phenoxy) is 1. The van der Waals surface area contributed by atoms with Crippen molar-refractivity contribution in [3.05, 3.63) is 75.6 Å². The molecule has 148 valence electrons. The number of methoxy groups -OCH3 is 1. The molecule has 7 nitrogen and oxygen atoms in total. The molecule has 0 fully saturated rings. The van der Waals surface area contributed by atoms with E-state index in [2.05, 4.69) is 38.4 Å². The summed E-state index contributed by atoms with van der Waals surface area (Å²) in [6.45, 7) is -0.222. The standard InChI is InChI=1S/C21H18IN3O4/c1-28-19-5-3-2-4-17(19)21(27)23-13-20(26)25-24-12-16-10-11-18(29-16)14-6-8-15(22)9-7-14/h2-12H,13H2,1H3,(H,23,27)(H,25,26)/b24-12-. The molecular weight excluding hydrogens is 485 g/mol. The molecule has 0 bridgehead atoms. The van der Waals surface area contributed by atoms with Gasteiger partial charge in [-0.15, -0.1) is 0 Å². The lowest BCUT2D eigenvalue weighted by Crippen LogP contribution is -2.35. The summed E-state index contributed by atoms with van der Waals surface area (Å²) in [6.07, 6.45) is 1.40. The molecule has 0 aliphatic heterocycles. The highest BCUT2D eigenvalue weighted by atomic mass is 127. The number of hydrogen-bond donors (Lipinski definition) is 2. The van der Waals surface area contributed by atoms with Crippen molar-refractivity contribution < 1.29 is 18.7 Å². The molecule has 0 saturated carbocycles. The number of hydrazone groups is 1. The van der Waals surface area contributed by atoms with Crippen LogP contribution in [0, 0.1) is 3.57 Å². The van der Waals surface area contributed by atoms with Gasteiger partial charge in [0.2, 0.25) is 0 Å². The fourth-order valence-electron chi connectivity index (χ4n) is 2.49. The minimum absolute atomic E-state index is 0.222. The largest absolute Gasteiger partial charge is 0.496 e. The normalized spacial score (nSPS) is 10.7. The number of furan rings is 1. The van der Waals surface area contributed by atoms with Crippen LogP contribution in [0.25, 0.3) is 11.3 Å². The average molecular weight is 503 g/mol. The van der Waals surface area contributed by atoms with E-state index < -0.39 is 11.8 Å². The van der Waals surface area contributed by atoms with Gasteiger partial charge in [-0.25, -0.2) is 5.43 Å². The molecule has 8 heteroatoms. The van der Waals surface area contributed by atoms with Gasteiger partial charge < -0.3 is 14.5 Å². The summed E-state index contributed by atoms with van der Waals surface area (Å²) >= 11 is 2.24. The fraction of sp³-hybridized carbons (Fsp3) is 0.0952. The van der Waals surface area contributed by atoms with Gasteiger partial charge in [-0.1, -0.05) is 24.3 Å². The molecule has 0 saturated heterocycles. The second-order valence-electron chi connectivity index (χ2n) is 5.89. The lowest BCUT2D eigenvalue weighted by atomic mass is 10.2. The van der Waals surface area contributed by atoms with Crippen LogP contribution in [0.3, 0.4) is 0 Å². The van der Waals surface area contributed by atoms with E-state index in [9.17, 15) is 9.59 Å². The Morgan fingerprint density at radius 1 is 1.10 bits per heavy atom. The van der Waals surface area contributed by atoms with Crippen LogP contribution in [0.2, 0.25) is 0 Å². The first-order valence-electron chi connectivity index (χ1n) is 8.65. The zero-order chi connectivity index (χ0) is 20.6. The lowest BCUT2D eigenvalue weighted by molar-refractivity contribution is -0.120. The number of carbonyl (C=O) groups excluding carboxylic acids is 2. The Morgan fingerprint density at radius 3 is 2.62 bits per heavy atom. The zero-order valence-corrected chi connectivity index (χ0v) is 17.7. The molecule has 0 atom stereocenters. The number of nitrogens with zero attached hydrogens (tertiary/aromatic N) is 1. The van der Waals surface area contributed by atoms with Gasteiger partial charge in [-0.05, 0) is 59.0 Å². The van der Waals surface area contributed by atoms with Gasteiger partial charge in [0, 0.05) is 9.13 Å². The second kappa shape index (κ2) is 9.87. The first-order chi connectivity index (χ1) is 14.1. The topological polar surface area (TPSA) is 92.9 Å². The summed E-state index contributed by atoms with van der Waals surface area (Å²) in [5.74, 6) is 0.768. The summed E-state index contributed by atoms with van der Waals surface area (Å²) in [4.78, 5) is 24.0. The van der Waals surface area contributed by atoms with Crippen LogP contribution >= 0.6 is 22.6 Å². The first kappa shape index (κ1) is 20.6. The minimum atomic E-state index is -0.464. The Morgan fingerprint density at radius 2 is 1.86 bits per heavy atom. The molecule has 29 heavy (non-hydrogen) atoms. The molecule has 0 aliphatic rings. The van der Waals surface area contributed by atoms with Gasteiger partial charge in [0.25, 0.3) is 11.8 Å². The Balaban J connectivity index is 1.50. The molecule has 0 aliphatic carbocycles. The number of para-hydroxylation sites is 1. The number of nitrogens with one attached hydrogen (secondary N) is 2. The second-order valence-corrected chi connectivity index (χ2v) is 7.13. The molecule has 2 N–H and O–H groups in total. The van der Waals surface area contributed by atoms with Crippen molar-refractivity contribution in [3.8, 4) is 17.1 Å². The molecule has 3 aromatic rings. The number of hydrogen-bond acceptors (Lipinski definition) is 5. The fourth-order valence-corrected chi connectivity index (χ4v) is 2.85. The molecule has 1 heterocycles. The summed E-state index contributed by atoms with van der Waals surface area (Å²) in [6, 6.07) is 18.3. The van der Waals surface area contributed by atoms with Crippen molar-refractivity contribution in [1.29, 1.82) is 0 Å². The lowest BCUT2D eigenvalue weighted by Gasteiger charge is -2.08. The SMILES string of the molecule is COc1ccccc1C(=O)NCC(=O)N/N=C\c1ccc(-c2ccc(I)cc2)o1. The van der Waals surface area contributed by atoms with Crippen molar-refractivity contribution in [2.75, 3.05) is 13.7 Å². The van der Waals surface area contributed by atoms with E-state index in [1.54, 1.807) is 30.3 Å². The molecule has 2 amide bonds. The van der Waals surface area contributed by atoms with E-state index in [4.69, 9.17) is 9.15 Å². The number of halogens is 1. The smallest absolute Gasteiger partial charge is 0.259 e. The van der Waals surface area contributed by atoms with Crippen LogP contribution in [0.5, 0.6) is 5.75 Å². The number of rotatable bonds is 7. The predicted molar refractivity (Wildman–Crippen MR) is 118 cm³/mol. The van der Waals surface area contributed by atoms with E-state index in [1.807, 2.05) is 30.3 Å². The maximum atomic E-state index is 12.2. The Bertz CT molecular complexity index is 1030. The molecular formula is C21H18IN3O4. The summed E-state index contributed by atoms with van der Waals surface area (Å²) in [5, 5.41) is 6.37. The van der Waals surface area contributed by atoms with E-state index >= 15 is 0 Å². The van der Waals surface area contributed by atoms with Gasteiger partial charge in [0.15, 0.2) is 0 Å². The van der Waals surface area contributed by atoms with E-state index in [1.165, 1.54) is 13.3 Å². The maximum absolute atomic E-state index is 12.2. The highest BCUT2D eigenvalue weighted by molar-refractivity contribution is 14.1. The zero-order valence-electron chi connectivity index (χ0n) is 15.5. The monoisotopic (exact) mass is 503 g/mol. The third-order valence-corrected chi connectivity index (χ3v) is 4.62. The Labute approximate surface area is 181 Å². The van der Waals surface area contributed by atoms with Crippen LogP contribution in [0.15, 0.2) is 70.2 Å². The molecule has 0 unspecified atom stereocenters. The minimum Gasteiger partial charge on any atom is -0.496 e. The summed E-state index contributed by atoms with van der Waals surface area (Å²) in [7, 11) is 1.48. The van der Waals surface area contributed by atoms with Crippen LogP contribution in [0.1, 0.15) is 16.1 Å². The van der Waals surface area contributed by atoms with Crippen LogP contribution in [-0.2, 0) is 4.79 Å². The Hall–Kier alpha value is -3.14. The van der Waals surface area contributed by atoms with Crippen molar-refractivity contribution >= 4 is 40.6 Å². The van der Waals surface area contributed by atoms with Gasteiger partial charge in [-0.2, -0.15) is 5.10 Å². The van der Waals surface area contributed by atoms with Gasteiger partial charge in [-0.3, -0.25) is 9.59 Å². The predicted octanol–water partition coefficient (Wildman–Crippen LogP) is 3.44. The van der Waals surface area contributed by atoms with Crippen LogP contribution in [0.4, 0.5) is 0 Å². The van der Waals surface area contributed by atoms with Crippen LogP contribution < -0.4 is 15.5 Å². The third kappa shape index (κ3) is 5.67. The van der Waals surface area contributed by atoms with Crippen molar-refractivity contribution in [2.24, 2.45) is 5.10 Å². The Kier molecular flexibility index (Phi) is 7.01.